The Morgan fingerprint density at radius 1 is 1.00 bits per heavy atom. The number of rotatable bonds is 5. The number of hydrogen-bond donors (Lipinski definition) is 1. The van der Waals surface area contributed by atoms with Crippen LogP contribution in [0.25, 0.3) is 11.1 Å². The van der Waals surface area contributed by atoms with Gasteiger partial charge in [-0.3, -0.25) is 4.79 Å². The smallest absolute Gasteiger partial charge is 0.220 e. The van der Waals surface area contributed by atoms with Crippen LogP contribution in [0.15, 0.2) is 29.1 Å². The van der Waals surface area contributed by atoms with Crippen molar-refractivity contribution in [1.29, 1.82) is 0 Å². The van der Waals surface area contributed by atoms with Crippen LogP contribution in [0.5, 0.6) is 23.0 Å². The van der Waals surface area contributed by atoms with Crippen molar-refractivity contribution in [2.45, 2.75) is 18.9 Å². The molecule has 2 aromatic carbocycles. The molecule has 1 aliphatic rings. The summed E-state index contributed by atoms with van der Waals surface area (Å²) >= 11 is 0. The van der Waals surface area contributed by atoms with E-state index >= 15 is 0 Å². The van der Waals surface area contributed by atoms with Gasteiger partial charge in [0, 0.05) is 15.7 Å². The highest BCUT2D eigenvalue weighted by Gasteiger charge is 2.28. The van der Waals surface area contributed by atoms with Gasteiger partial charge in [0.1, 0.15) is 0 Å². The summed E-state index contributed by atoms with van der Waals surface area (Å²) in [6, 6.07) is 6.05. The Bertz CT molecular complexity index is 1010. The van der Waals surface area contributed by atoms with Gasteiger partial charge in [-0.2, -0.15) is 0 Å². The Hall–Kier alpha value is -2.73. The minimum atomic E-state index is -2.38. The first kappa shape index (κ1) is 15.3. The maximum atomic E-state index is 12.7. The molecule has 3 rings (SSSR count). The van der Waals surface area contributed by atoms with E-state index in [2.05, 4.69) is 5.32 Å². The second-order valence-corrected chi connectivity index (χ2v) is 6.19. The van der Waals surface area contributed by atoms with Crippen molar-refractivity contribution < 1.29 is 23.1 Å². The van der Waals surface area contributed by atoms with E-state index in [1.807, 2.05) is 6.07 Å². The summed E-state index contributed by atoms with van der Waals surface area (Å²) in [6.07, 6.45) is 1.01. The lowest BCUT2D eigenvalue weighted by atomic mass is 9.95. The Morgan fingerprint density at radius 3 is 2.37 bits per heavy atom. The van der Waals surface area contributed by atoms with Gasteiger partial charge < -0.3 is 24.3 Å². The fourth-order valence-electron chi connectivity index (χ4n) is 3.62. The van der Waals surface area contributed by atoms with E-state index in [0.717, 1.165) is 11.1 Å². The third kappa shape index (κ3) is 3.21. The zero-order chi connectivity index (χ0) is 22.1. The second-order valence-electron chi connectivity index (χ2n) is 6.19. The van der Waals surface area contributed by atoms with Gasteiger partial charge in [0.05, 0.1) is 28.4 Å². The summed E-state index contributed by atoms with van der Waals surface area (Å²) in [5.41, 5.74) is 2.53. The quantitative estimate of drug-likeness (QED) is 0.868. The Morgan fingerprint density at radius 2 is 1.74 bits per heavy atom. The second kappa shape index (κ2) is 7.88. The fourth-order valence-corrected chi connectivity index (χ4v) is 3.62. The van der Waals surface area contributed by atoms with Crippen molar-refractivity contribution in [3.8, 4) is 34.1 Å². The van der Waals surface area contributed by atoms with Crippen LogP contribution < -0.4 is 29.7 Å². The highest BCUT2D eigenvalue weighted by atomic mass is 16.5. The Labute approximate surface area is 163 Å². The molecule has 0 aliphatic heterocycles. The molecule has 0 heterocycles. The predicted molar refractivity (Wildman–Crippen MR) is 104 cm³/mol. The zero-order valence-corrected chi connectivity index (χ0v) is 15.8. The monoisotopic (exact) mass is 374 g/mol. The summed E-state index contributed by atoms with van der Waals surface area (Å²) in [5.74, 6) is 1.56. The van der Waals surface area contributed by atoms with Crippen LogP contribution >= 0.6 is 0 Å². The SMILES string of the molecule is [2H]C([2H])([2H])N[C@@H]1CCc2cc(OC)c(OC)c(OC)c2-c2ccc(OC)c(=O)cc21. The summed E-state index contributed by atoms with van der Waals surface area (Å²) in [6.45, 7) is -2.38. The van der Waals surface area contributed by atoms with Crippen LogP contribution in [0.1, 0.15) is 27.7 Å². The molecule has 0 bridgehead atoms. The first-order chi connectivity index (χ1) is 14.2. The van der Waals surface area contributed by atoms with Crippen molar-refractivity contribution in [2.75, 3.05) is 35.4 Å². The summed E-state index contributed by atoms with van der Waals surface area (Å²) < 4.78 is 45.0. The van der Waals surface area contributed by atoms with E-state index in [1.54, 1.807) is 19.2 Å². The maximum Gasteiger partial charge on any atom is 0.220 e. The molecular formula is C21H25NO5. The van der Waals surface area contributed by atoms with E-state index in [4.69, 9.17) is 23.1 Å². The largest absolute Gasteiger partial charge is 0.493 e. The highest BCUT2D eigenvalue weighted by Crippen LogP contribution is 2.50. The van der Waals surface area contributed by atoms with Crippen molar-refractivity contribution in [3.63, 3.8) is 0 Å². The van der Waals surface area contributed by atoms with Crippen LogP contribution in [-0.4, -0.2) is 35.4 Å². The van der Waals surface area contributed by atoms with Gasteiger partial charge in [-0.15, -0.1) is 0 Å². The lowest BCUT2D eigenvalue weighted by Gasteiger charge is -2.19. The van der Waals surface area contributed by atoms with Gasteiger partial charge in [-0.25, -0.2) is 0 Å². The van der Waals surface area contributed by atoms with E-state index in [0.29, 0.717) is 41.2 Å². The number of methoxy groups -OCH3 is 4. The molecule has 2 aromatic rings. The third-order valence-corrected chi connectivity index (χ3v) is 4.89. The van der Waals surface area contributed by atoms with Gasteiger partial charge in [0.25, 0.3) is 0 Å². The van der Waals surface area contributed by atoms with Crippen LogP contribution in [0, 0.1) is 0 Å². The molecule has 0 amide bonds. The van der Waals surface area contributed by atoms with Crippen LogP contribution in [-0.2, 0) is 6.42 Å². The molecule has 0 radical (unpaired) electrons. The first-order valence-electron chi connectivity index (χ1n) is 10.1. The lowest BCUT2D eigenvalue weighted by molar-refractivity contribution is 0.324. The molecule has 27 heavy (non-hydrogen) atoms. The van der Waals surface area contributed by atoms with Crippen LogP contribution in [0.2, 0.25) is 0 Å². The number of fused-ring (bicyclic) bond motifs is 3. The predicted octanol–water partition coefficient (Wildman–Crippen LogP) is 2.95. The Kier molecular flexibility index (Phi) is 4.48. The summed E-state index contributed by atoms with van der Waals surface area (Å²) in [4.78, 5) is 12.7. The van der Waals surface area contributed by atoms with Crippen molar-refractivity contribution in [1.82, 2.24) is 5.32 Å². The standard InChI is InChI=1S/C21H25NO5/c1-22-15-8-6-12-10-18(25-3)20(26-4)21(27-5)19(12)13-7-9-17(24-2)16(23)11-14(13)15/h7,9-11,15,22H,6,8H2,1-5H3/t15-/m1/s1/i1D3. The lowest BCUT2D eigenvalue weighted by Crippen LogP contribution is -2.17. The van der Waals surface area contributed by atoms with Gasteiger partial charge in [-0.05, 0) is 54.7 Å². The molecule has 1 atom stereocenters. The minimum Gasteiger partial charge on any atom is -0.493 e. The molecule has 144 valence electrons. The number of benzene rings is 1. The zero-order valence-electron chi connectivity index (χ0n) is 18.8. The first-order valence-corrected chi connectivity index (χ1v) is 8.56. The van der Waals surface area contributed by atoms with Gasteiger partial charge in [0.2, 0.25) is 11.2 Å². The van der Waals surface area contributed by atoms with Crippen LogP contribution in [0.3, 0.4) is 0 Å². The van der Waals surface area contributed by atoms with Gasteiger partial charge in [0.15, 0.2) is 17.2 Å². The molecule has 1 aliphatic carbocycles. The van der Waals surface area contributed by atoms with Gasteiger partial charge in [-0.1, -0.05) is 6.07 Å². The molecule has 6 nitrogen and oxygen atoms in total. The molecule has 0 fully saturated rings. The molecule has 0 spiro atoms. The van der Waals surface area contributed by atoms with E-state index in [1.165, 1.54) is 27.4 Å². The normalized spacial score (nSPS) is 17.3. The van der Waals surface area contributed by atoms with E-state index in [-0.39, 0.29) is 11.2 Å². The molecular weight excluding hydrogens is 346 g/mol. The average molecular weight is 374 g/mol. The molecule has 1 N–H and O–H groups in total. The molecule has 6 heteroatoms. The van der Waals surface area contributed by atoms with Crippen LogP contribution in [0.4, 0.5) is 0 Å². The average Bonchev–Trinajstić information content (AvgIpc) is 2.94. The van der Waals surface area contributed by atoms with E-state index in [9.17, 15) is 4.79 Å². The fraction of sp³-hybridized carbons (Fsp3) is 0.381. The maximum absolute atomic E-state index is 12.7. The summed E-state index contributed by atoms with van der Waals surface area (Å²) in [5, 5.41) is 2.68. The van der Waals surface area contributed by atoms with Crippen molar-refractivity contribution in [2.24, 2.45) is 0 Å². The highest BCUT2D eigenvalue weighted by molar-refractivity contribution is 5.82. The summed E-state index contributed by atoms with van der Waals surface area (Å²) in [7, 11) is 6.01. The minimum absolute atomic E-state index is 0.164. The molecule has 0 aromatic heterocycles. The van der Waals surface area contributed by atoms with E-state index < -0.39 is 13.0 Å². The number of ether oxygens (including phenoxy) is 4. The number of hydrogen-bond acceptors (Lipinski definition) is 6. The third-order valence-electron chi connectivity index (χ3n) is 4.89. The van der Waals surface area contributed by atoms with Crippen molar-refractivity contribution in [3.05, 3.63) is 45.6 Å². The molecule has 0 unspecified atom stereocenters. The van der Waals surface area contributed by atoms with Gasteiger partial charge >= 0.3 is 0 Å². The molecule has 0 saturated heterocycles. The Balaban J connectivity index is 2.40. The van der Waals surface area contributed by atoms with Crippen molar-refractivity contribution >= 4 is 0 Å². The molecule has 0 saturated carbocycles. The number of nitrogens with one attached hydrogen (secondary N) is 1. The topological polar surface area (TPSA) is 66.0 Å². The number of aryl methyl sites for hydroxylation is 1.